The maximum absolute atomic E-state index is 12.0. The molecule has 0 radical (unpaired) electrons. The first-order chi connectivity index (χ1) is 9.22. The van der Waals surface area contributed by atoms with Crippen LogP contribution in [0.25, 0.3) is 11.0 Å². The van der Waals surface area contributed by atoms with E-state index in [1.807, 2.05) is 18.2 Å². The van der Waals surface area contributed by atoms with Crippen LogP contribution >= 0.6 is 11.6 Å². The highest BCUT2D eigenvalue weighted by Gasteiger charge is 2.06. The van der Waals surface area contributed by atoms with Crippen LogP contribution in [0.5, 0.6) is 0 Å². The average molecular weight is 272 g/mol. The Labute approximate surface area is 114 Å². The maximum Gasteiger partial charge on any atom is 0.255 e. The van der Waals surface area contributed by atoms with Gasteiger partial charge in [-0.05, 0) is 41.9 Å². The van der Waals surface area contributed by atoms with Gasteiger partial charge in [-0.15, -0.1) is 0 Å². The number of amides is 1. The third-order valence-corrected chi connectivity index (χ3v) is 2.93. The first kappa shape index (κ1) is 11.7. The van der Waals surface area contributed by atoms with E-state index in [0.29, 0.717) is 16.5 Å². The number of carbonyl (C=O) groups excluding carboxylic acids is 1. The Morgan fingerprint density at radius 1 is 1.16 bits per heavy atom. The molecule has 2 N–H and O–H groups in total. The van der Waals surface area contributed by atoms with E-state index in [9.17, 15) is 4.79 Å². The molecular weight excluding hydrogens is 262 g/mol. The van der Waals surface area contributed by atoms with Crippen LogP contribution in [0.1, 0.15) is 10.4 Å². The highest BCUT2D eigenvalue weighted by molar-refractivity contribution is 6.29. The van der Waals surface area contributed by atoms with Gasteiger partial charge in [0.05, 0.1) is 11.0 Å². The number of aromatic nitrogens is 2. The van der Waals surface area contributed by atoms with Crippen molar-refractivity contribution in [2.24, 2.45) is 0 Å². The van der Waals surface area contributed by atoms with Gasteiger partial charge in [0.25, 0.3) is 5.91 Å². The minimum absolute atomic E-state index is 0.148. The van der Waals surface area contributed by atoms with Gasteiger partial charge in [0.2, 0.25) is 5.28 Å². The van der Waals surface area contributed by atoms with Crippen molar-refractivity contribution in [1.82, 2.24) is 9.97 Å². The molecule has 0 aliphatic carbocycles. The van der Waals surface area contributed by atoms with E-state index in [4.69, 9.17) is 11.6 Å². The lowest BCUT2D eigenvalue weighted by Gasteiger charge is -2.04. The molecule has 3 rings (SSSR count). The summed E-state index contributed by atoms with van der Waals surface area (Å²) in [6.45, 7) is 0. The Kier molecular flexibility index (Phi) is 2.93. The minimum Gasteiger partial charge on any atom is -0.329 e. The largest absolute Gasteiger partial charge is 0.329 e. The van der Waals surface area contributed by atoms with Crippen molar-refractivity contribution in [1.29, 1.82) is 0 Å². The van der Waals surface area contributed by atoms with E-state index in [-0.39, 0.29) is 5.91 Å². The van der Waals surface area contributed by atoms with E-state index in [2.05, 4.69) is 15.3 Å². The Bertz CT molecular complexity index is 737. The number of anilines is 1. The SMILES string of the molecule is O=C(Nc1ccc2nc(Cl)[nH]c2c1)c1ccccc1. The van der Waals surface area contributed by atoms with Gasteiger partial charge in [-0.2, -0.15) is 0 Å². The third-order valence-electron chi connectivity index (χ3n) is 2.75. The van der Waals surface area contributed by atoms with Crippen molar-refractivity contribution in [2.45, 2.75) is 0 Å². The summed E-state index contributed by atoms with van der Waals surface area (Å²) in [5, 5.41) is 3.16. The smallest absolute Gasteiger partial charge is 0.255 e. The monoisotopic (exact) mass is 271 g/mol. The number of H-pyrrole nitrogens is 1. The second kappa shape index (κ2) is 4.74. The first-order valence-electron chi connectivity index (χ1n) is 5.74. The molecule has 1 amide bonds. The third kappa shape index (κ3) is 2.44. The molecule has 4 nitrogen and oxygen atoms in total. The van der Waals surface area contributed by atoms with Gasteiger partial charge in [0.15, 0.2) is 0 Å². The number of hydrogen-bond donors (Lipinski definition) is 2. The van der Waals surface area contributed by atoms with Crippen molar-refractivity contribution >= 4 is 34.2 Å². The molecule has 0 spiro atoms. The van der Waals surface area contributed by atoms with Gasteiger partial charge < -0.3 is 10.3 Å². The van der Waals surface area contributed by atoms with E-state index in [0.717, 1.165) is 11.0 Å². The molecule has 0 saturated heterocycles. The van der Waals surface area contributed by atoms with Crippen LogP contribution in [0.3, 0.4) is 0 Å². The van der Waals surface area contributed by atoms with Crippen LogP contribution in [-0.4, -0.2) is 15.9 Å². The van der Waals surface area contributed by atoms with E-state index >= 15 is 0 Å². The fourth-order valence-corrected chi connectivity index (χ4v) is 2.04. The lowest BCUT2D eigenvalue weighted by molar-refractivity contribution is 0.102. The zero-order chi connectivity index (χ0) is 13.2. The lowest BCUT2D eigenvalue weighted by Crippen LogP contribution is -2.11. The van der Waals surface area contributed by atoms with Crippen molar-refractivity contribution < 1.29 is 4.79 Å². The van der Waals surface area contributed by atoms with Crippen LogP contribution in [0, 0.1) is 0 Å². The number of imidazole rings is 1. The van der Waals surface area contributed by atoms with E-state index in [1.165, 1.54) is 0 Å². The van der Waals surface area contributed by atoms with Gasteiger partial charge >= 0.3 is 0 Å². The normalized spacial score (nSPS) is 10.6. The van der Waals surface area contributed by atoms with E-state index < -0.39 is 0 Å². The number of nitrogens with zero attached hydrogens (tertiary/aromatic N) is 1. The molecule has 1 heterocycles. The van der Waals surface area contributed by atoms with Crippen LogP contribution in [0.15, 0.2) is 48.5 Å². The predicted octanol–water partition coefficient (Wildman–Crippen LogP) is 3.47. The standard InChI is InChI=1S/C14H10ClN3O/c15-14-17-11-7-6-10(8-12(11)18-14)16-13(19)9-4-2-1-3-5-9/h1-8H,(H,16,19)(H,17,18). The summed E-state index contributed by atoms with van der Waals surface area (Å²) in [7, 11) is 0. The predicted molar refractivity (Wildman–Crippen MR) is 75.5 cm³/mol. The Balaban J connectivity index is 1.87. The molecule has 1 aromatic heterocycles. The molecule has 5 heteroatoms. The Hall–Kier alpha value is -2.33. The second-order valence-electron chi connectivity index (χ2n) is 4.08. The molecule has 0 unspecified atom stereocenters. The highest BCUT2D eigenvalue weighted by atomic mass is 35.5. The molecule has 3 aromatic rings. The topological polar surface area (TPSA) is 57.8 Å². The zero-order valence-corrected chi connectivity index (χ0v) is 10.6. The van der Waals surface area contributed by atoms with Crippen LogP contribution in [0.4, 0.5) is 5.69 Å². The van der Waals surface area contributed by atoms with Crippen molar-refractivity contribution in [3.05, 3.63) is 59.4 Å². The Morgan fingerprint density at radius 2 is 1.95 bits per heavy atom. The minimum atomic E-state index is -0.148. The van der Waals surface area contributed by atoms with Gasteiger partial charge in [0, 0.05) is 11.3 Å². The van der Waals surface area contributed by atoms with Gasteiger partial charge in [-0.25, -0.2) is 4.98 Å². The fourth-order valence-electron chi connectivity index (χ4n) is 1.85. The number of aromatic amines is 1. The fraction of sp³-hybridized carbons (Fsp3) is 0. The molecule has 0 fully saturated rings. The molecule has 0 atom stereocenters. The molecular formula is C14H10ClN3O. The Morgan fingerprint density at radius 3 is 2.74 bits per heavy atom. The highest BCUT2D eigenvalue weighted by Crippen LogP contribution is 2.19. The quantitative estimate of drug-likeness (QED) is 0.750. The average Bonchev–Trinajstić information content (AvgIpc) is 2.79. The first-order valence-corrected chi connectivity index (χ1v) is 6.12. The van der Waals surface area contributed by atoms with Crippen LogP contribution < -0.4 is 5.32 Å². The maximum atomic E-state index is 12.0. The number of benzene rings is 2. The number of rotatable bonds is 2. The molecule has 0 saturated carbocycles. The molecule has 0 aliphatic rings. The lowest BCUT2D eigenvalue weighted by atomic mass is 10.2. The van der Waals surface area contributed by atoms with Crippen molar-refractivity contribution in [3.8, 4) is 0 Å². The number of hydrogen-bond acceptors (Lipinski definition) is 2. The van der Waals surface area contributed by atoms with Gasteiger partial charge in [-0.3, -0.25) is 4.79 Å². The zero-order valence-electron chi connectivity index (χ0n) is 9.85. The molecule has 94 valence electrons. The number of nitrogens with one attached hydrogen (secondary N) is 2. The summed E-state index contributed by atoms with van der Waals surface area (Å²) in [6, 6.07) is 14.4. The van der Waals surface area contributed by atoms with Crippen molar-refractivity contribution in [2.75, 3.05) is 5.32 Å². The summed E-state index contributed by atoms with van der Waals surface area (Å²) in [5.74, 6) is -0.148. The van der Waals surface area contributed by atoms with Gasteiger partial charge in [-0.1, -0.05) is 18.2 Å². The summed E-state index contributed by atoms with van der Waals surface area (Å²) in [6.07, 6.45) is 0. The van der Waals surface area contributed by atoms with Crippen LogP contribution in [-0.2, 0) is 0 Å². The summed E-state index contributed by atoms with van der Waals surface area (Å²) in [4.78, 5) is 19.0. The summed E-state index contributed by atoms with van der Waals surface area (Å²) >= 11 is 5.78. The second-order valence-corrected chi connectivity index (χ2v) is 4.44. The number of carbonyl (C=O) groups is 1. The van der Waals surface area contributed by atoms with E-state index in [1.54, 1.807) is 30.3 Å². The van der Waals surface area contributed by atoms with Crippen molar-refractivity contribution in [3.63, 3.8) is 0 Å². The molecule has 2 aromatic carbocycles. The number of fused-ring (bicyclic) bond motifs is 1. The summed E-state index contributed by atoms with van der Waals surface area (Å²) in [5.41, 5.74) is 2.87. The molecule has 0 bridgehead atoms. The molecule has 0 aliphatic heterocycles. The summed E-state index contributed by atoms with van der Waals surface area (Å²) < 4.78 is 0. The molecule has 19 heavy (non-hydrogen) atoms. The van der Waals surface area contributed by atoms with Gasteiger partial charge in [0.1, 0.15) is 0 Å². The number of halogens is 1. The van der Waals surface area contributed by atoms with Crippen LogP contribution in [0.2, 0.25) is 5.28 Å².